The van der Waals surface area contributed by atoms with Crippen LogP contribution in [0.25, 0.3) is 0 Å². The van der Waals surface area contributed by atoms with Crippen LogP contribution < -0.4 is 4.90 Å². The second kappa shape index (κ2) is 10.3. The zero-order chi connectivity index (χ0) is 21.6. The summed E-state index contributed by atoms with van der Waals surface area (Å²) in [4.78, 5) is 22.6. The Kier molecular flexibility index (Phi) is 7.27. The molecule has 0 radical (unpaired) electrons. The number of aromatic nitrogens is 1. The topological polar surface area (TPSA) is 45.7 Å². The minimum atomic E-state index is -0.00234. The lowest BCUT2D eigenvalue weighted by Gasteiger charge is -2.29. The number of hydrogen-bond donors (Lipinski definition) is 0. The fourth-order valence-corrected chi connectivity index (χ4v) is 4.57. The molecule has 1 saturated heterocycles. The van der Waals surface area contributed by atoms with Gasteiger partial charge in [-0.1, -0.05) is 36.0 Å². The van der Waals surface area contributed by atoms with E-state index in [-0.39, 0.29) is 5.91 Å². The van der Waals surface area contributed by atoms with Crippen LogP contribution in [0.2, 0.25) is 0 Å². The lowest BCUT2D eigenvalue weighted by atomic mass is 10.1. The highest BCUT2D eigenvalue weighted by atomic mass is 79.9. The largest absolute Gasteiger partial charge is 0.378 e. The second-order valence-electron chi connectivity index (χ2n) is 7.34. The molecule has 4 rings (SSSR count). The van der Waals surface area contributed by atoms with E-state index in [0.717, 1.165) is 46.3 Å². The van der Waals surface area contributed by atoms with Gasteiger partial charge in [-0.2, -0.15) is 0 Å². The molecule has 1 amide bonds. The van der Waals surface area contributed by atoms with Crippen molar-refractivity contribution in [1.82, 2.24) is 9.88 Å². The molecule has 2 heterocycles. The summed E-state index contributed by atoms with van der Waals surface area (Å²) >= 11 is 4.90. The van der Waals surface area contributed by atoms with Gasteiger partial charge in [-0.15, -0.1) is 0 Å². The molecule has 5 nitrogen and oxygen atoms in total. The van der Waals surface area contributed by atoms with Crippen molar-refractivity contribution in [2.45, 2.75) is 16.5 Å². The van der Waals surface area contributed by atoms with Gasteiger partial charge in [-0.25, -0.2) is 4.98 Å². The standard InChI is InChI=1S/C24H24BrN3O2S/c1-27(17-18-6-9-20(10-7-18)28-12-14-30-15-13-28)24(29)21-4-2-3-5-22(21)31-23-11-8-19(25)16-26-23/h2-11,16H,12-15,17H2,1H3. The number of halogens is 1. The van der Waals surface area contributed by atoms with E-state index in [1.165, 1.54) is 17.4 Å². The molecule has 0 atom stereocenters. The first-order valence-corrected chi connectivity index (χ1v) is 11.8. The fraction of sp³-hybridized carbons (Fsp3) is 0.250. The number of carbonyl (C=O) groups excluding carboxylic acids is 1. The molecule has 3 aromatic rings. The van der Waals surface area contributed by atoms with E-state index in [9.17, 15) is 4.79 Å². The van der Waals surface area contributed by atoms with Crippen LogP contribution >= 0.6 is 27.7 Å². The van der Waals surface area contributed by atoms with Gasteiger partial charge in [0.25, 0.3) is 5.91 Å². The maximum Gasteiger partial charge on any atom is 0.255 e. The maximum atomic E-state index is 13.2. The van der Waals surface area contributed by atoms with E-state index in [4.69, 9.17) is 4.74 Å². The van der Waals surface area contributed by atoms with Crippen LogP contribution in [0.3, 0.4) is 0 Å². The van der Waals surface area contributed by atoms with Gasteiger partial charge in [-0.3, -0.25) is 4.79 Å². The van der Waals surface area contributed by atoms with E-state index in [1.54, 1.807) is 11.1 Å². The number of anilines is 1. The van der Waals surface area contributed by atoms with Crippen molar-refractivity contribution in [2.75, 3.05) is 38.3 Å². The Balaban J connectivity index is 1.44. The number of amides is 1. The predicted molar refractivity (Wildman–Crippen MR) is 128 cm³/mol. The van der Waals surface area contributed by atoms with Gasteiger partial charge >= 0.3 is 0 Å². The van der Waals surface area contributed by atoms with Crippen LogP contribution in [0.5, 0.6) is 0 Å². The monoisotopic (exact) mass is 497 g/mol. The van der Waals surface area contributed by atoms with E-state index >= 15 is 0 Å². The number of morpholine rings is 1. The quantitative estimate of drug-likeness (QED) is 0.473. The first kappa shape index (κ1) is 21.9. The minimum Gasteiger partial charge on any atom is -0.378 e. The molecule has 1 fully saturated rings. The molecule has 1 aliphatic rings. The average Bonchev–Trinajstić information content (AvgIpc) is 2.81. The van der Waals surface area contributed by atoms with Gasteiger partial charge in [-0.05, 0) is 57.9 Å². The number of rotatable bonds is 6. The van der Waals surface area contributed by atoms with Crippen LogP contribution in [0, 0.1) is 0 Å². The minimum absolute atomic E-state index is 0.00234. The zero-order valence-electron chi connectivity index (χ0n) is 17.3. The SMILES string of the molecule is CN(Cc1ccc(N2CCOCC2)cc1)C(=O)c1ccccc1Sc1ccc(Br)cn1. The Morgan fingerprint density at radius 3 is 2.55 bits per heavy atom. The molecule has 31 heavy (non-hydrogen) atoms. The van der Waals surface area contributed by atoms with Crippen molar-refractivity contribution < 1.29 is 9.53 Å². The normalized spacial score (nSPS) is 13.8. The Bertz CT molecular complexity index is 1020. The highest BCUT2D eigenvalue weighted by molar-refractivity contribution is 9.10. The third kappa shape index (κ3) is 5.67. The van der Waals surface area contributed by atoms with Gasteiger partial charge in [0.15, 0.2) is 0 Å². The molecule has 0 spiro atoms. The molecule has 1 aliphatic heterocycles. The number of ether oxygens (including phenoxy) is 1. The van der Waals surface area contributed by atoms with Crippen molar-refractivity contribution in [3.8, 4) is 0 Å². The highest BCUT2D eigenvalue weighted by Gasteiger charge is 2.17. The second-order valence-corrected chi connectivity index (χ2v) is 9.32. The van der Waals surface area contributed by atoms with E-state index in [1.807, 2.05) is 43.4 Å². The summed E-state index contributed by atoms with van der Waals surface area (Å²) in [5.74, 6) is -0.00234. The third-order valence-electron chi connectivity index (χ3n) is 5.11. The van der Waals surface area contributed by atoms with Crippen molar-refractivity contribution >= 4 is 39.3 Å². The summed E-state index contributed by atoms with van der Waals surface area (Å²) < 4.78 is 6.36. The van der Waals surface area contributed by atoms with Crippen molar-refractivity contribution in [1.29, 1.82) is 0 Å². The zero-order valence-corrected chi connectivity index (χ0v) is 19.7. The molecular formula is C24H24BrN3O2S. The molecule has 7 heteroatoms. The van der Waals surface area contributed by atoms with E-state index in [2.05, 4.69) is 50.1 Å². The van der Waals surface area contributed by atoms with Gasteiger partial charge in [0.05, 0.1) is 18.8 Å². The Hall–Kier alpha value is -2.35. The molecule has 0 aliphatic carbocycles. The number of benzene rings is 2. The Morgan fingerprint density at radius 2 is 1.84 bits per heavy atom. The summed E-state index contributed by atoms with van der Waals surface area (Å²) in [7, 11) is 1.84. The summed E-state index contributed by atoms with van der Waals surface area (Å²) in [6.45, 7) is 3.93. The molecule has 0 unspecified atom stereocenters. The van der Waals surface area contributed by atoms with Crippen LogP contribution in [-0.4, -0.2) is 49.1 Å². The lowest BCUT2D eigenvalue weighted by Crippen LogP contribution is -2.36. The molecule has 1 aromatic heterocycles. The summed E-state index contributed by atoms with van der Waals surface area (Å²) in [5.41, 5.74) is 2.99. The van der Waals surface area contributed by atoms with Crippen LogP contribution in [-0.2, 0) is 11.3 Å². The molecule has 0 N–H and O–H groups in total. The third-order valence-corrected chi connectivity index (χ3v) is 6.61. The number of nitrogens with zero attached hydrogens (tertiary/aromatic N) is 3. The first-order valence-electron chi connectivity index (χ1n) is 10.2. The predicted octanol–water partition coefficient (Wildman–Crippen LogP) is 5.10. The molecule has 0 saturated carbocycles. The smallest absolute Gasteiger partial charge is 0.255 e. The highest BCUT2D eigenvalue weighted by Crippen LogP contribution is 2.30. The van der Waals surface area contributed by atoms with Crippen LogP contribution in [0.4, 0.5) is 5.69 Å². The van der Waals surface area contributed by atoms with Crippen molar-refractivity contribution in [2.24, 2.45) is 0 Å². The summed E-state index contributed by atoms with van der Waals surface area (Å²) in [6, 6.07) is 20.0. The van der Waals surface area contributed by atoms with E-state index < -0.39 is 0 Å². The number of pyridine rings is 1. The molecule has 2 aromatic carbocycles. The summed E-state index contributed by atoms with van der Waals surface area (Å²) in [5, 5.41) is 0.852. The lowest BCUT2D eigenvalue weighted by molar-refractivity contribution is 0.0781. The Morgan fingerprint density at radius 1 is 1.10 bits per heavy atom. The van der Waals surface area contributed by atoms with Gasteiger partial charge in [0.1, 0.15) is 5.03 Å². The molecule has 0 bridgehead atoms. The first-order chi connectivity index (χ1) is 15.1. The van der Waals surface area contributed by atoms with Gasteiger partial charge in [0.2, 0.25) is 0 Å². The van der Waals surface area contributed by atoms with Crippen molar-refractivity contribution in [3.05, 3.63) is 82.5 Å². The van der Waals surface area contributed by atoms with Gasteiger partial charge in [0, 0.05) is 47.9 Å². The van der Waals surface area contributed by atoms with Crippen LogP contribution in [0.1, 0.15) is 15.9 Å². The van der Waals surface area contributed by atoms with Crippen molar-refractivity contribution in [3.63, 3.8) is 0 Å². The molecular weight excluding hydrogens is 474 g/mol. The number of hydrogen-bond acceptors (Lipinski definition) is 5. The van der Waals surface area contributed by atoms with E-state index in [0.29, 0.717) is 12.1 Å². The average molecular weight is 498 g/mol. The molecule has 160 valence electrons. The van der Waals surface area contributed by atoms with Crippen LogP contribution in [0.15, 0.2) is 81.3 Å². The maximum absolute atomic E-state index is 13.2. The Labute approximate surface area is 195 Å². The number of carbonyl (C=O) groups is 1. The fourth-order valence-electron chi connectivity index (χ4n) is 3.45. The summed E-state index contributed by atoms with van der Waals surface area (Å²) in [6.07, 6.45) is 1.76. The van der Waals surface area contributed by atoms with Gasteiger partial charge < -0.3 is 14.5 Å².